The highest BCUT2D eigenvalue weighted by Gasteiger charge is 2.31. The number of rotatable bonds is 4. The predicted octanol–water partition coefficient (Wildman–Crippen LogP) is 3.14. The average Bonchev–Trinajstić information content (AvgIpc) is 2.50. The van der Waals surface area contributed by atoms with Crippen molar-refractivity contribution >= 4 is 29.1 Å². The molecule has 1 fully saturated rings. The van der Waals surface area contributed by atoms with Gasteiger partial charge in [-0.15, -0.1) is 0 Å². The van der Waals surface area contributed by atoms with Crippen LogP contribution < -0.4 is 10.6 Å². The number of hydrogen-bond acceptors (Lipinski definition) is 2. The summed E-state index contributed by atoms with van der Waals surface area (Å²) in [6, 6.07) is 6.98. The third kappa shape index (κ3) is 4.08. The van der Waals surface area contributed by atoms with Gasteiger partial charge in [-0.3, -0.25) is 9.59 Å². The number of halogens is 1. The Kier molecular flexibility index (Phi) is 5.39. The zero-order valence-corrected chi connectivity index (χ0v) is 12.5. The molecular formula is C16H19ClN2O2. The molecule has 1 aliphatic carbocycles. The Morgan fingerprint density at radius 2 is 1.95 bits per heavy atom. The first kappa shape index (κ1) is 15.6. The van der Waals surface area contributed by atoms with Crippen LogP contribution in [0.3, 0.4) is 0 Å². The molecule has 0 radical (unpaired) electrons. The molecule has 1 saturated carbocycles. The standard InChI is InChI=1S/C16H19ClN2O2/c1-2-15(20)18-13-9-5-3-7-11(13)16(21)19-14-10-6-4-8-12(14)17/h2,4,6,8,10-11,13H,1,3,5,7,9H2,(H,18,20)(H,19,21)/t11-,13+/m0/s1. The molecule has 0 aromatic heterocycles. The number of benzene rings is 1. The first-order chi connectivity index (χ1) is 10.1. The predicted molar refractivity (Wildman–Crippen MR) is 84.2 cm³/mol. The van der Waals surface area contributed by atoms with Gasteiger partial charge in [-0.25, -0.2) is 0 Å². The molecule has 0 spiro atoms. The van der Waals surface area contributed by atoms with E-state index in [0.717, 1.165) is 25.7 Å². The first-order valence-electron chi connectivity index (χ1n) is 7.10. The van der Waals surface area contributed by atoms with Gasteiger partial charge < -0.3 is 10.6 Å². The fraction of sp³-hybridized carbons (Fsp3) is 0.375. The molecule has 0 bridgehead atoms. The number of hydrogen-bond donors (Lipinski definition) is 2. The maximum Gasteiger partial charge on any atom is 0.243 e. The van der Waals surface area contributed by atoms with Gasteiger partial charge in [0.2, 0.25) is 11.8 Å². The van der Waals surface area contributed by atoms with Crippen LogP contribution in [0.5, 0.6) is 0 Å². The summed E-state index contributed by atoms with van der Waals surface area (Å²) in [6.45, 7) is 3.45. The van der Waals surface area contributed by atoms with E-state index in [-0.39, 0.29) is 23.8 Å². The summed E-state index contributed by atoms with van der Waals surface area (Å²) < 4.78 is 0. The second-order valence-corrected chi connectivity index (χ2v) is 5.59. The van der Waals surface area contributed by atoms with Gasteiger partial charge >= 0.3 is 0 Å². The lowest BCUT2D eigenvalue weighted by Gasteiger charge is -2.31. The second kappa shape index (κ2) is 7.27. The highest BCUT2D eigenvalue weighted by Crippen LogP contribution is 2.27. The molecule has 0 heterocycles. The Labute approximate surface area is 129 Å². The van der Waals surface area contributed by atoms with Crippen LogP contribution in [0.4, 0.5) is 5.69 Å². The Morgan fingerprint density at radius 3 is 2.67 bits per heavy atom. The van der Waals surface area contributed by atoms with E-state index in [4.69, 9.17) is 11.6 Å². The molecule has 112 valence electrons. The molecule has 0 aliphatic heterocycles. The van der Waals surface area contributed by atoms with Crippen LogP contribution in [0, 0.1) is 5.92 Å². The van der Waals surface area contributed by atoms with E-state index in [1.165, 1.54) is 6.08 Å². The van der Waals surface area contributed by atoms with Crippen LogP contribution in [0.25, 0.3) is 0 Å². The number of amides is 2. The van der Waals surface area contributed by atoms with Crippen molar-refractivity contribution in [3.63, 3.8) is 0 Å². The lowest BCUT2D eigenvalue weighted by molar-refractivity contribution is -0.123. The lowest BCUT2D eigenvalue weighted by Crippen LogP contribution is -2.46. The van der Waals surface area contributed by atoms with E-state index in [9.17, 15) is 9.59 Å². The topological polar surface area (TPSA) is 58.2 Å². The molecule has 0 saturated heterocycles. The van der Waals surface area contributed by atoms with Crippen LogP contribution in [0.1, 0.15) is 25.7 Å². The second-order valence-electron chi connectivity index (χ2n) is 5.18. The van der Waals surface area contributed by atoms with Gasteiger partial charge in [-0.2, -0.15) is 0 Å². The van der Waals surface area contributed by atoms with Crippen LogP contribution in [0.15, 0.2) is 36.9 Å². The molecule has 4 nitrogen and oxygen atoms in total. The van der Waals surface area contributed by atoms with E-state index in [2.05, 4.69) is 17.2 Å². The number of carbonyl (C=O) groups is 2. The molecule has 1 aliphatic rings. The average molecular weight is 307 g/mol. The summed E-state index contributed by atoms with van der Waals surface area (Å²) in [5, 5.41) is 6.21. The van der Waals surface area contributed by atoms with E-state index in [0.29, 0.717) is 10.7 Å². The minimum absolute atomic E-state index is 0.0998. The largest absolute Gasteiger partial charge is 0.349 e. The molecule has 2 atom stereocenters. The minimum Gasteiger partial charge on any atom is -0.349 e. The maximum atomic E-state index is 12.5. The van der Waals surface area contributed by atoms with Crippen molar-refractivity contribution in [2.75, 3.05) is 5.32 Å². The molecule has 2 N–H and O–H groups in total. The van der Waals surface area contributed by atoms with Crippen LogP contribution in [0.2, 0.25) is 5.02 Å². The van der Waals surface area contributed by atoms with Crippen LogP contribution >= 0.6 is 11.6 Å². The van der Waals surface area contributed by atoms with Crippen molar-refractivity contribution in [2.45, 2.75) is 31.7 Å². The molecule has 21 heavy (non-hydrogen) atoms. The third-order valence-electron chi connectivity index (χ3n) is 3.75. The first-order valence-corrected chi connectivity index (χ1v) is 7.48. The fourth-order valence-electron chi connectivity index (χ4n) is 2.65. The number of carbonyl (C=O) groups excluding carboxylic acids is 2. The van der Waals surface area contributed by atoms with Gasteiger partial charge in [-0.05, 0) is 31.1 Å². The van der Waals surface area contributed by atoms with Crippen molar-refractivity contribution in [2.24, 2.45) is 5.92 Å². The zero-order valence-electron chi connectivity index (χ0n) is 11.8. The maximum absolute atomic E-state index is 12.5. The Bertz CT molecular complexity index is 545. The van der Waals surface area contributed by atoms with Crippen LogP contribution in [-0.2, 0) is 9.59 Å². The normalized spacial score (nSPS) is 21.4. The molecular weight excluding hydrogens is 288 g/mol. The molecule has 2 rings (SSSR count). The molecule has 5 heteroatoms. The monoisotopic (exact) mass is 306 g/mol. The lowest BCUT2D eigenvalue weighted by atomic mass is 9.83. The number of para-hydroxylation sites is 1. The van der Waals surface area contributed by atoms with Crippen molar-refractivity contribution in [3.8, 4) is 0 Å². The molecule has 1 aromatic rings. The van der Waals surface area contributed by atoms with E-state index >= 15 is 0 Å². The van der Waals surface area contributed by atoms with Gasteiger partial charge in [0.1, 0.15) is 0 Å². The summed E-state index contributed by atoms with van der Waals surface area (Å²) >= 11 is 6.05. The smallest absolute Gasteiger partial charge is 0.243 e. The Hall–Kier alpha value is -1.81. The quantitative estimate of drug-likeness (QED) is 0.840. The van der Waals surface area contributed by atoms with Gasteiger partial charge in [0.05, 0.1) is 16.6 Å². The summed E-state index contributed by atoms with van der Waals surface area (Å²) in [5.74, 6) is -0.575. The van der Waals surface area contributed by atoms with E-state index < -0.39 is 0 Å². The molecule has 1 aromatic carbocycles. The minimum atomic E-state index is -0.238. The highest BCUT2D eigenvalue weighted by atomic mass is 35.5. The van der Waals surface area contributed by atoms with Crippen molar-refractivity contribution in [3.05, 3.63) is 41.9 Å². The zero-order chi connectivity index (χ0) is 15.2. The SMILES string of the molecule is C=CC(=O)N[C@@H]1CCCC[C@@H]1C(=O)Nc1ccccc1Cl. The summed E-state index contributed by atoms with van der Waals surface area (Å²) in [4.78, 5) is 23.9. The van der Waals surface area contributed by atoms with Gasteiger partial charge in [0, 0.05) is 6.04 Å². The molecule has 0 unspecified atom stereocenters. The van der Waals surface area contributed by atoms with Crippen molar-refractivity contribution in [1.29, 1.82) is 0 Å². The van der Waals surface area contributed by atoms with Gasteiger partial charge in [0.25, 0.3) is 0 Å². The van der Waals surface area contributed by atoms with Gasteiger partial charge in [0.15, 0.2) is 0 Å². The summed E-state index contributed by atoms with van der Waals surface area (Å²) in [6.07, 6.45) is 4.80. The third-order valence-corrected chi connectivity index (χ3v) is 4.08. The number of anilines is 1. The van der Waals surface area contributed by atoms with Crippen molar-refractivity contribution < 1.29 is 9.59 Å². The summed E-state index contributed by atoms with van der Waals surface area (Å²) in [7, 11) is 0. The molecule has 2 amide bonds. The number of nitrogens with one attached hydrogen (secondary N) is 2. The fourth-order valence-corrected chi connectivity index (χ4v) is 2.83. The Morgan fingerprint density at radius 1 is 1.24 bits per heavy atom. The van der Waals surface area contributed by atoms with Crippen molar-refractivity contribution in [1.82, 2.24) is 5.32 Å². The van der Waals surface area contributed by atoms with Crippen LogP contribution in [-0.4, -0.2) is 17.9 Å². The van der Waals surface area contributed by atoms with E-state index in [1.807, 2.05) is 12.1 Å². The van der Waals surface area contributed by atoms with Gasteiger partial charge in [-0.1, -0.05) is 43.2 Å². The highest BCUT2D eigenvalue weighted by molar-refractivity contribution is 6.33. The Balaban J connectivity index is 2.06. The van der Waals surface area contributed by atoms with E-state index in [1.54, 1.807) is 12.1 Å². The summed E-state index contributed by atoms with van der Waals surface area (Å²) in [5.41, 5.74) is 0.600.